The zero-order chi connectivity index (χ0) is 18.6. The molecule has 2 N–H and O–H groups in total. The van der Waals surface area contributed by atoms with E-state index in [2.05, 4.69) is 47.8 Å². The zero-order valence-electron chi connectivity index (χ0n) is 15.4. The van der Waals surface area contributed by atoms with Crippen molar-refractivity contribution in [3.63, 3.8) is 0 Å². The number of hydrogen-bond donors (Lipinski definition) is 2. The van der Waals surface area contributed by atoms with E-state index in [9.17, 15) is 4.79 Å². The minimum atomic E-state index is -0.503. The van der Waals surface area contributed by atoms with Crippen molar-refractivity contribution in [3.05, 3.63) is 12.7 Å². The molecule has 2 heterocycles. The quantitative estimate of drug-likeness (QED) is 0.529. The second-order valence-electron chi connectivity index (χ2n) is 6.73. The number of thiocarbonyl (C=S) groups is 2. The van der Waals surface area contributed by atoms with E-state index in [0.29, 0.717) is 5.11 Å². The van der Waals surface area contributed by atoms with Gasteiger partial charge in [0.25, 0.3) is 0 Å². The summed E-state index contributed by atoms with van der Waals surface area (Å²) in [6.45, 7) is 13.8. The van der Waals surface area contributed by atoms with Gasteiger partial charge in [-0.1, -0.05) is 19.4 Å². The maximum absolute atomic E-state index is 11.9. The highest BCUT2D eigenvalue weighted by molar-refractivity contribution is 7.80. The van der Waals surface area contributed by atoms with Crippen LogP contribution in [0.5, 0.6) is 0 Å². The molecule has 0 radical (unpaired) electrons. The van der Waals surface area contributed by atoms with Crippen molar-refractivity contribution >= 4 is 40.6 Å². The van der Waals surface area contributed by atoms with Crippen molar-refractivity contribution in [1.82, 2.24) is 25.3 Å². The largest absolute Gasteiger partial charge is 0.345 e. The van der Waals surface area contributed by atoms with E-state index in [0.717, 1.165) is 44.1 Å². The molecule has 2 rings (SSSR count). The van der Waals surface area contributed by atoms with Crippen LogP contribution in [0.25, 0.3) is 0 Å². The Balaban J connectivity index is 2.31. The van der Waals surface area contributed by atoms with Crippen LogP contribution in [-0.4, -0.2) is 75.3 Å². The zero-order valence-corrected chi connectivity index (χ0v) is 17.0. The van der Waals surface area contributed by atoms with Gasteiger partial charge in [-0.05, 0) is 44.7 Å². The topological polar surface area (TPSA) is 50.9 Å². The minimum Gasteiger partial charge on any atom is -0.345 e. The molecule has 0 spiro atoms. The molecular weight excluding hydrogens is 354 g/mol. The second-order valence-corrected chi connectivity index (χ2v) is 7.48. The molecule has 2 saturated heterocycles. The fourth-order valence-electron chi connectivity index (χ4n) is 3.46. The molecule has 0 bridgehead atoms. The van der Waals surface area contributed by atoms with Gasteiger partial charge in [0.05, 0.1) is 0 Å². The fourth-order valence-corrected chi connectivity index (χ4v) is 4.27. The summed E-state index contributed by atoms with van der Waals surface area (Å²) < 4.78 is 0. The van der Waals surface area contributed by atoms with Crippen molar-refractivity contribution in [3.8, 4) is 0 Å². The van der Waals surface area contributed by atoms with Crippen LogP contribution >= 0.6 is 24.4 Å². The Hall–Kier alpha value is -1.25. The molecule has 2 fully saturated rings. The average Bonchev–Trinajstić information content (AvgIpc) is 2.92. The molecular formula is C17H29N5OS2. The van der Waals surface area contributed by atoms with E-state index >= 15 is 0 Å². The molecule has 2 atom stereocenters. The lowest BCUT2D eigenvalue weighted by atomic mass is 9.97. The van der Waals surface area contributed by atoms with Crippen LogP contribution in [-0.2, 0) is 4.79 Å². The Morgan fingerprint density at radius 3 is 2.84 bits per heavy atom. The van der Waals surface area contributed by atoms with Crippen LogP contribution in [0.4, 0.5) is 0 Å². The summed E-state index contributed by atoms with van der Waals surface area (Å²) >= 11 is 11.3. The summed E-state index contributed by atoms with van der Waals surface area (Å²) in [5.74, 6) is -0.0659. The van der Waals surface area contributed by atoms with Gasteiger partial charge in [-0.3, -0.25) is 4.79 Å². The van der Waals surface area contributed by atoms with E-state index < -0.39 is 5.66 Å². The molecule has 1 amide bonds. The number of nitrogens with zero attached hydrogens (tertiary/aromatic N) is 3. The van der Waals surface area contributed by atoms with Crippen molar-refractivity contribution in [2.24, 2.45) is 0 Å². The third kappa shape index (κ3) is 3.96. The third-order valence-electron chi connectivity index (χ3n) is 5.12. The molecule has 6 nitrogen and oxygen atoms in total. The molecule has 2 aliphatic heterocycles. The number of rotatable bonds is 6. The SMILES string of the molecule is C=CCN(CCCC)C(=S)N1CCNC(C)C1(C)N1CC(=O)NC1=S. The first-order chi connectivity index (χ1) is 11.9. The Morgan fingerprint density at radius 2 is 2.28 bits per heavy atom. The van der Waals surface area contributed by atoms with Crippen molar-refractivity contribution in [2.75, 3.05) is 32.7 Å². The van der Waals surface area contributed by atoms with Crippen molar-refractivity contribution in [1.29, 1.82) is 0 Å². The van der Waals surface area contributed by atoms with Crippen LogP contribution in [0.2, 0.25) is 0 Å². The fraction of sp³-hybridized carbons (Fsp3) is 0.706. The summed E-state index contributed by atoms with van der Waals surface area (Å²) in [4.78, 5) is 18.2. The molecule has 25 heavy (non-hydrogen) atoms. The molecule has 0 aromatic rings. The van der Waals surface area contributed by atoms with Crippen LogP contribution in [0.15, 0.2) is 12.7 Å². The maximum Gasteiger partial charge on any atom is 0.245 e. The van der Waals surface area contributed by atoms with Crippen LogP contribution in [0.3, 0.4) is 0 Å². The predicted molar refractivity (Wildman–Crippen MR) is 109 cm³/mol. The van der Waals surface area contributed by atoms with Gasteiger partial charge in [-0.15, -0.1) is 6.58 Å². The summed E-state index contributed by atoms with van der Waals surface area (Å²) in [5.41, 5.74) is -0.503. The number of piperazine rings is 1. The van der Waals surface area contributed by atoms with Crippen LogP contribution in [0.1, 0.15) is 33.6 Å². The van der Waals surface area contributed by atoms with Gasteiger partial charge in [0.1, 0.15) is 12.2 Å². The summed E-state index contributed by atoms with van der Waals surface area (Å²) in [6, 6.07) is 0.0987. The monoisotopic (exact) mass is 383 g/mol. The highest BCUT2D eigenvalue weighted by Gasteiger charge is 2.50. The van der Waals surface area contributed by atoms with Crippen molar-refractivity contribution in [2.45, 2.75) is 45.3 Å². The molecule has 0 aliphatic carbocycles. The van der Waals surface area contributed by atoms with E-state index in [1.54, 1.807) is 0 Å². The summed E-state index contributed by atoms with van der Waals surface area (Å²) in [6.07, 6.45) is 4.07. The van der Waals surface area contributed by atoms with E-state index in [1.165, 1.54) is 0 Å². The van der Waals surface area contributed by atoms with Gasteiger partial charge in [0.15, 0.2) is 10.2 Å². The summed E-state index contributed by atoms with van der Waals surface area (Å²) in [5, 5.41) is 7.52. The van der Waals surface area contributed by atoms with Crippen LogP contribution < -0.4 is 10.6 Å². The molecule has 2 aliphatic rings. The molecule has 8 heteroatoms. The van der Waals surface area contributed by atoms with Gasteiger partial charge in [0.2, 0.25) is 5.91 Å². The van der Waals surface area contributed by atoms with Gasteiger partial charge in [0, 0.05) is 32.2 Å². The number of unbranched alkanes of at least 4 members (excludes halogenated alkanes) is 1. The van der Waals surface area contributed by atoms with Crippen molar-refractivity contribution < 1.29 is 4.79 Å². The maximum atomic E-state index is 11.9. The molecule has 140 valence electrons. The van der Waals surface area contributed by atoms with Crippen LogP contribution in [0, 0.1) is 0 Å². The summed E-state index contributed by atoms with van der Waals surface area (Å²) in [7, 11) is 0. The first-order valence-corrected chi connectivity index (χ1v) is 9.70. The van der Waals surface area contributed by atoms with Gasteiger partial charge >= 0.3 is 0 Å². The lowest BCUT2D eigenvalue weighted by Gasteiger charge is -2.55. The number of amides is 1. The molecule has 0 saturated carbocycles. The Kier molecular flexibility index (Phi) is 6.76. The standard InChI is InChI=1S/C17H29N5OS2/c1-5-7-10-20(9-6-2)16(25)21-11-8-18-13(3)17(21,4)22-12-14(23)19-15(22)24/h6,13,18H,2,5,7-12H2,1,3-4H3,(H,19,23,24). The molecule has 0 aromatic heterocycles. The van der Waals surface area contributed by atoms with Gasteiger partial charge < -0.3 is 25.3 Å². The number of nitrogens with one attached hydrogen (secondary N) is 2. The molecule has 2 unspecified atom stereocenters. The average molecular weight is 384 g/mol. The van der Waals surface area contributed by atoms with Gasteiger partial charge in [-0.25, -0.2) is 0 Å². The molecule has 0 aromatic carbocycles. The van der Waals surface area contributed by atoms with E-state index in [-0.39, 0.29) is 18.5 Å². The van der Waals surface area contributed by atoms with E-state index in [4.69, 9.17) is 24.4 Å². The number of carbonyl (C=O) groups excluding carboxylic acids is 1. The minimum absolute atomic E-state index is 0.0659. The highest BCUT2D eigenvalue weighted by Crippen LogP contribution is 2.30. The first-order valence-electron chi connectivity index (χ1n) is 8.88. The Morgan fingerprint density at radius 1 is 1.56 bits per heavy atom. The highest BCUT2D eigenvalue weighted by atomic mass is 32.1. The second kappa shape index (κ2) is 8.42. The van der Waals surface area contributed by atoms with Gasteiger partial charge in [-0.2, -0.15) is 0 Å². The lowest BCUT2D eigenvalue weighted by Crippen LogP contribution is -2.74. The Bertz CT molecular complexity index is 555. The number of carbonyl (C=O) groups is 1. The first kappa shape index (κ1) is 20.1. The lowest BCUT2D eigenvalue weighted by molar-refractivity contribution is -0.120. The Labute approximate surface area is 161 Å². The smallest absolute Gasteiger partial charge is 0.245 e. The van der Waals surface area contributed by atoms with E-state index in [1.807, 2.05) is 11.0 Å². The number of hydrogen-bond acceptors (Lipinski definition) is 4. The normalized spacial score (nSPS) is 26.6. The predicted octanol–water partition coefficient (Wildman–Crippen LogP) is 1.29. The third-order valence-corrected chi connectivity index (χ3v) is 5.93.